The number of carbonyl (C=O) groups is 1. The molecule has 0 fully saturated rings. The molecular formula is C19H19N3O3. The number of nitrogens with one attached hydrogen (secondary N) is 2. The Kier molecular flexibility index (Phi) is 4.70. The predicted octanol–water partition coefficient (Wildman–Crippen LogP) is 3.34. The van der Waals surface area contributed by atoms with Gasteiger partial charge in [-0.05, 0) is 61.0 Å². The number of nitrogens with zero attached hydrogens (tertiary/aromatic N) is 1. The monoisotopic (exact) mass is 337 g/mol. The molecular weight excluding hydrogens is 318 g/mol. The highest BCUT2D eigenvalue weighted by atomic mass is 16.5. The minimum atomic E-state index is -0.303. The van der Waals surface area contributed by atoms with Gasteiger partial charge in [0.2, 0.25) is 0 Å². The Morgan fingerprint density at radius 3 is 2.36 bits per heavy atom. The minimum absolute atomic E-state index is 0.303. The standard InChI is InChI=1S/C19H19N3O3/c1-12(13-4-6-15(24-2)7-5-13)21-22-19(23)18-11-14-10-16(25-3)8-9-17(14)20-18/h4-11,20H,1-3H3,(H,22,23). The van der Waals surface area contributed by atoms with E-state index in [-0.39, 0.29) is 5.91 Å². The van der Waals surface area contributed by atoms with E-state index in [1.54, 1.807) is 20.3 Å². The van der Waals surface area contributed by atoms with Crippen molar-refractivity contribution in [3.63, 3.8) is 0 Å². The number of rotatable bonds is 5. The lowest BCUT2D eigenvalue weighted by molar-refractivity contribution is 0.0950. The molecule has 3 rings (SSSR count). The summed E-state index contributed by atoms with van der Waals surface area (Å²) in [7, 11) is 3.23. The minimum Gasteiger partial charge on any atom is -0.497 e. The Labute approximate surface area is 145 Å². The summed E-state index contributed by atoms with van der Waals surface area (Å²) in [5, 5.41) is 5.06. The number of hydrogen-bond donors (Lipinski definition) is 2. The smallest absolute Gasteiger partial charge is 0.287 e. The summed E-state index contributed by atoms with van der Waals surface area (Å²) in [6.45, 7) is 1.83. The van der Waals surface area contributed by atoms with Crippen molar-refractivity contribution >= 4 is 22.5 Å². The third-order valence-electron chi connectivity index (χ3n) is 3.91. The zero-order chi connectivity index (χ0) is 17.8. The molecule has 0 aliphatic carbocycles. The van der Waals surface area contributed by atoms with Crippen molar-refractivity contribution < 1.29 is 14.3 Å². The fourth-order valence-electron chi connectivity index (χ4n) is 2.45. The first-order valence-electron chi connectivity index (χ1n) is 7.76. The van der Waals surface area contributed by atoms with Crippen molar-refractivity contribution in [2.75, 3.05) is 14.2 Å². The van der Waals surface area contributed by atoms with Crippen molar-refractivity contribution in [1.29, 1.82) is 0 Å². The maximum Gasteiger partial charge on any atom is 0.287 e. The molecule has 2 aromatic carbocycles. The summed E-state index contributed by atoms with van der Waals surface area (Å²) < 4.78 is 10.3. The van der Waals surface area contributed by atoms with E-state index in [0.29, 0.717) is 11.4 Å². The van der Waals surface area contributed by atoms with Crippen molar-refractivity contribution in [3.8, 4) is 11.5 Å². The van der Waals surface area contributed by atoms with Crippen LogP contribution in [0.15, 0.2) is 53.6 Å². The van der Waals surface area contributed by atoms with E-state index >= 15 is 0 Å². The van der Waals surface area contributed by atoms with E-state index in [4.69, 9.17) is 9.47 Å². The average Bonchev–Trinajstić information content (AvgIpc) is 3.09. The molecule has 0 unspecified atom stereocenters. The van der Waals surface area contributed by atoms with Gasteiger partial charge in [-0.2, -0.15) is 5.10 Å². The van der Waals surface area contributed by atoms with E-state index in [0.717, 1.165) is 28.0 Å². The van der Waals surface area contributed by atoms with Crippen LogP contribution in [0.4, 0.5) is 0 Å². The zero-order valence-electron chi connectivity index (χ0n) is 14.3. The Morgan fingerprint density at radius 2 is 1.68 bits per heavy atom. The van der Waals surface area contributed by atoms with Crippen LogP contribution in [0.5, 0.6) is 11.5 Å². The van der Waals surface area contributed by atoms with Gasteiger partial charge in [0.15, 0.2) is 0 Å². The Balaban J connectivity index is 1.74. The second kappa shape index (κ2) is 7.09. The van der Waals surface area contributed by atoms with Gasteiger partial charge in [-0.1, -0.05) is 0 Å². The van der Waals surface area contributed by atoms with Crippen LogP contribution >= 0.6 is 0 Å². The number of aromatic amines is 1. The fraction of sp³-hybridized carbons (Fsp3) is 0.158. The van der Waals surface area contributed by atoms with Crippen molar-refractivity contribution in [2.24, 2.45) is 5.10 Å². The summed E-state index contributed by atoms with van der Waals surface area (Å²) in [5.74, 6) is 1.21. The lowest BCUT2D eigenvalue weighted by atomic mass is 10.1. The van der Waals surface area contributed by atoms with Gasteiger partial charge in [-0.3, -0.25) is 4.79 Å². The molecule has 6 heteroatoms. The van der Waals surface area contributed by atoms with Crippen LogP contribution in [-0.2, 0) is 0 Å². The maximum absolute atomic E-state index is 12.3. The highest BCUT2D eigenvalue weighted by molar-refractivity contribution is 6.02. The molecule has 1 aromatic heterocycles. The third-order valence-corrected chi connectivity index (χ3v) is 3.91. The van der Waals surface area contributed by atoms with Gasteiger partial charge < -0.3 is 14.5 Å². The van der Waals surface area contributed by atoms with Crippen LogP contribution in [0.3, 0.4) is 0 Å². The molecule has 0 saturated carbocycles. The van der Waals surface area contributed by atoms with Gasteiger partial charge in [0.25, 0.3) is 5.91 Å². The maximum atomic E-state index is 12.3. The summed E-state index contributed by atoms with van der Waals surface area (Å²) in [6.07, 6.45) is 0. The van der Waals surface area contributed by atoms with Crippen LogP contribution in [0.25, 0.3) is 10.9 Å². The third kappa shape index (κ3) is 3.63. The van der Waals surface area contributed by atoms with E-state index in [9.17, 15) is 4.79 Å². The second-order valence-electron chi connectivity index (χ2n) is 5.50. The van der Waals surface area contributed by atoms with Crippen LogP contribution in [0, 0.1) is 0 Å². The molecule has 0 radical (unpaired) electrons. The van der Waals surface area contributed by atoms with Gasteiger partial charge in [-0.15, -0.1) is 0 Å². The van der Waals surface area contributed by atoms with Crippen LogP contribution in [-0.4, -0.2) is 30.8 Å². The molecule has 1 heterocycles. The normalized spacial score (nSPS) is 11.4. The molecule has 0 saturated heterocycles. The number of carbonyl (C=O) groups excluding carboxylic acids is 1. The van der Waals surface area contributed by atoms with E-state index in [2.05, 4.69) is 15.5 Å². The van der Waals surface area contributed by atoms with Crippen molar-refractivity contribution in [3.05, 3.63) is 59.8 Å². The van der Waals surface area contributed by atoms with Gasteiger partial charge in [0.05, 0.1) is 19.9 Å². The first kappa shape index (κ1) is 16.6. The number of aromatic nitrogens is 1. The summed E-state index contributed by atoms with van der Waals surface area (Å²) >= 11 is 0. The Morgan fingerprint density at radius 1 is 1.00 bits per heavy atom. The van der Waals surface area contributed by atoms with Crippen LogP contribution in [0.2, 0.25) is 0 Å². The fourth-order valence-corrected chi connectivity index (χ4v) is 2.45. The van der Waals surface area contributed by atoms with Gasteiger partial charge in [0, 0.05) is 10.9 Å². The molecule has 6 nitrogen and oxygen atoms in total. The van der Waals surface area contributed by atoms with Gasteiger partial charge in [0.1, 0.15) is 17.2 Å². The lowest BCUT2D eigenvalue weighted by Crippen LogP contribution is -2.19. The number of hydrogen-bond acceptors (Lipinski definition) is 4. The number of fused-ring (bicyclic) bond motifs is 1. The molecule has 0 aliphatic heterocycles. The van der Waals surface area contributed by atoms with Crippen molar-refractivity contribution in [1.82, 2.24) is 10.4 Å². The van der Waals surface area contributed by atoms with Crippen LogP contribution in [0.1, 0.15) is 23.0 Å². The molecule has 1 amide bonds. The van der Waals surface area contributed by atoms with Gasteiger partial charge >= 0.3 is 0 Å². The van der Waals surface area contributed by atoms with Crippen molar-refractivity contribution in [2.45, 2.75) is 6.92 Å². The predicted molar refractivity (Wildman–Crippen MR) is 97.5 cm³/mol. The topological polar surface area (TPSA) is 75.7 Å². The molecule has 0 atom stereocenters. The number of ether oxygens (including phenoxy) is 2. The second-order valence-corrected chi connectivity index (χ2v) is 5.50. The molecule has 0 aliphatic rings. The SMILES string of the molecule is COc1ccc(C(C)=NNC(=O)c2cc3cc(OC)ccc3[nH]2)cc1. The highest BCUT2D eigenvalue weighted by Crippen LogP contribution is 2.21. The molecule has 0 bridgehead atoms. The highest BCUT2D eigenvalue weighted by Gasteiger charge is 2.10. The number of H-pyrrole nitrogens is 1. The first-order valence-corrected chi connectivity index (χ1v) is 7.76. The number of hydrazone groups is 1. The summed E-state index contributed by atoms with van der Waals surface area (Å²) in [5.41, 5.74) is 5.48. The Hall–Kier alpha value is -3.28. The first-order chi connectivity index (χ1) is 12.1. The summed E-state index contributed by atoms with van der Waals surface area (Å²) in [6, 6.07) is 14.8. The number of amides is 1. The molecule has 0 spiro atoms. The zero-order valence-corrected chi connectivity index (χ0v) is 14.3. The molecule has 3 aromatic rings. The quantitative estimate of drug-likeness (QED) is 0.554. The van der Waals surface area contributed by atoms with E-state index in [1.807, 2.05) is 49.4 Å². The van der Waals surface area contributed by atoms with E-state index in [1.165, 1.54) is 0 Å². The number of methoxy groups -OCH3 is 2. The van der Waals surface area contributed by atoms with E-state index < -0.39 is 0 Å². The Bertz CT molecular complexity index is 927. The molecule has 2 N–H and O–H groups in total. The van der Waals surface area contributed by atoms with Crippen LogP contribution < -0.4 is 14.9 Å². The van der Waals surface area contributed by atoms with Gasteiger partial charge in [-0.25, -0.2) is 5.43 Å². The average molecular weight is 337 g/mol. The number of benzene rings is 2. The largest absolute Gasteiger partial charge is 0.497 e. The summed E-state index contributed by atoms with van der Waals surface area (Å²) in [4.78, 5) is 15.4. The molecule has 25 heavy (non-hydrogen) atoms. The lowest BCUT2D eigenvalue weighted by Gasteiger charge is -2.03. The molecule has 128 valence electrons.